The van der Waals surface area contributed by atoms with Crippen LogP contribution in [-0.2, 0) is 6.54 Å². The minimum Gasteiger partial charge on any atom is -0.441 e. The fourth-order valence-corrected chi connectivity index (χ4v) is 3.36. The van der Waals surface area contributed by atoms with Crippen LogP contribution in [0.5, 0.6) is 0 Å². The number of aryl methyl sites for hydroxylation is 1. The van der Waals surface area contributed by atoms with Crippen molar-refractivity contribution >= 4 is 11.8 Å². The first kappa shape index (κ1) is 16.1. The van der Waals surface area contributed by atoms with Crippen LogP contribution in [0.2, 0.25) is 0 Å². The van der Waals surface area contributed by atoms with E-state index in [-0.39, 0.29) is 5.92 Å². The van der Waals surface area contributed by atoms with Gasteiger partial charge in [-0.2, -0.15) is 5.26 Å². The Morgan fingerprint density at radius 3 is 2.87 bits per heavy atom. The summed E-state index contributed by atoms with van der Waals surface area (Å²) in [7, 11) is 0. The Balaban J connectivity index is 1.74. The Morgan fingerprint density at radius 1 is 1.39 bits per heavy atom. The first-order chi connectivity index (χ1) is 11.2. The smallest absolute Gasteiger partial charge is 0.226 e. The summed E-state index contributed by atoms with van der Waals surface area (Å²) in [5, 5.41) is 9.11. The molecule has 1 aromatic heterocycles. The predicted octanol–water partition coefficient (Wildman–Crippen LogP) is 4.11. The van der Waals surface area contributed by atoms with E-state index in [1.54, 1.807) is 11.8 Å². The lowest BCUT2D eigenvalue weighted by atomic mass is 9.99. The van der Waals surface area contributed by atoms with Crippen molar-refractivity contribution in [3.05, 3.63) is 35.7 Å². The summed E-state index contributed by atoms with van der Waals surface area (Å²) in [6.45, 7) is 4.59. The Labute approximate surface area is 141 Å². The highest BCUT2D eigenvalue weighted by Crippen LogP contribution is 2.26. The molecule has 0 saturated carbocycles. The molecule has 2 aromatic rings. The first-order valence-electron chi connectivity index (χ1n) is 7.92. The zero-order valence-electron chi connectivity index (χ0n) is 13.6. The number of likely N-dealkylation sites (tertiary alicyclic amines) is 1. The van der Waals surface area contributed by atoms with Gasteiger partial charge in [0.25, 0.3) is 0 Å². The number of rotatable bonds is 4. The van der Waals surface area contributed by atoms with Gasteiger partial charge in [-0.15, -0.1) is 11.8 Å². The van der Waals surface area contributed by atoms with Gasteiger partial charge in [-0.05, 0) is 56.8 Å². The fraction of sp³-hybridized carbons (Fsp3) is 0.444. The number of hydrogen-bond acceptors (Lipinski definition) is 5. The molecule has 1 fully saturated rings. The third-order valence-electron chi connectivity index (χ3n) is 4.29. The number of hydrogen-bond donors (Lipinski definition) is 0. The van der Waals surface area contributed by atoms with E-state index in [4.69, 9.17) is 9.68 Å². The minimum atomic E-state index is 0.148. The molecule has 4 nitrogen and oxygen atoms in total. The normalized spacial score (nSPS) is 18.7. The Morgan fingerprint density at radius 2 is 2.17 bits per heavy atom. The number of nitrogens with zero attached hydrogens (tertiary/aromatic N) is 3. The average Bonchev–Trinajstić information content (AvgIpc) is 2.96. The molecule has 1 saturated heterocycles. The Hall–Kier alpha value is -1.77. The van der Waals surface area contributed by atoms with Crippen LogP contribution in [-0.4, -0.2) is 29.2 Å². The van der Waals surface area contributed by atoms with Crippen molar-refractivity contribution in [2.24, 2.45) is 5.92 Å². The van der Waals surface area contributed by atoms with Crippen molar-refractivity contribution in [3.8, 4) is 17.5 Å². The van der Waals surface area contributed by atoms with Gasteiger partial charge in [0.05, 0.1) is 17.7 Å². The van der Waals surface area contributed by atoms with Gasteiger partial charge < -0.3 is 4.42 Å². The van der Waals surface area contributed by atoms with Crippen LogP contribution in [0.15, 0.2) is 33.6 Å². The van der Waals surface area contributed by atoms with Crippen molar-refractivity contribution in [3.63, 3.8) is 0 Å². The van der Waals surface area contributed by atoms with Gasteiger partial charge >= 0.3 is 0 Å². The molecule has 1 aromatic carbocycles. The molecule has 1 atom stereocenters. The van der Waals surface area contributed by atoms with Crippen molar-refractivity contribution in [1.29, 1.82) is 5.26 Å². The van der Waals surface area contributed by atoms with Crippen LogP contribution in [0.4, 0.5) is 0 Å². The van der Waals surface area contributed by atoms with E-state index < -0.39 is 0 Å². The molecule has 5 heteroatoms. The second-order valence-electron chi connectivity index (χ2n) is 5.95. The second kappa shape index (κ2) is 7.20. The number of benzene rings is 1. The van der Waals surface area contributed by atoms with Crippen molar-refractivity contribution in [1.82, 2.24) is 9.88 Å². The van der Waals surface area contributed by atoms with Gasteiger partial charge in [-0.3, -0.25) is 4.90 Å². The summed E-state index contributed by atoms with van der Waals surface area (Å²) in [5.74, 6) is 1.70. The molecule has 2 heterocycles. The molecule has 0 bridgehead atoms. The summed E-state index contributed by atoms with van der Waals surface area (Å²) < 4.78 is 5.86. The molecule has 0 amide bonds. The molecule has 0 unspecified atom stereocenters. The maximum atomic E-state index is 9.11. The van der Waals surface area contributed by atoms with E-state index in [0.717, 1.165) is 49.5 Å². The Kier molecular flexibility index (Phi) is 5.04. The minimum absolute atomic E-state index is 0.148. The summed E-state index contributed by atoms with van der Waals surface area (Å²) in [6, 6.07) is 10.7. The number of thioether (sulfide) groups is 1. The van der Waals surface area contributed by atoms with Crippen molar-refractivity contribution < 1.29 is 4.42 Å². The topological polar surface area (TPSA) is 53.1 Å². The maximum Gasteiger partial charge on any atom is 0.226 e. The van der Waals surface area contributed by atoms with Crippen LogP contribution in [0.1, 0.15) is 24.3 Å². The first-order valence-corrected chi connectivity index (χ1v) is 9.14. The molecule has 0 spiro atoms. The van der Waals surface area contributed by atoms with Crippen LogP contribution in [0, 0.1) is 24.2 Å². The van der Waals surface area contributed by atoms with Gasteiger partial charge in [-0.1, -0.05) is 0 Å². The lowest BCUT2D eigenvalue weighted by molar-refractivity contribution is 0.189. The summed E-state index contributed by atoms with van der Waals surface area (Å²) >= 11 is 1.72. The van der Waals surface area contributed by atoms with E-state index in [0.29, 0.717) is 5.89 Å². The molecule has 0 aliphatic carbocycles. The molecule has 1 aliphatic rings. The summed E-state index contributed by atoms with van der Waals surface area (Å²) in [4.78, 5) is 8.22. The summed E-state index contributed by atoms with van der Waals surface area (Å²) in [6.07, 6.45) is 4.16. The number of nitriles is 1. The van der Waals surface area contributed by atoms with E-state index >= 15 is 0 Å². The lowest BCUT2D eigenvalue weighted by Gasteiger charge is -2.28. The number of piperidine rings is 1. The monoisotopic (exact) mass is 327 g/mol. The molecular formula is C18H21N3OS. The van der Waals surface area contributed by atoms with Crippen molar-refractivity contribution in [2.75, 3.05) is 19.3 Å². The maximum absolute atomic E-state index is 9.11. The highest BCUT2D eigenvalue weighted by molar-refractivity contribution is 7.98. The highest BCUT2D eigenvalue weighted by Gasteiger charge is 2.21. The van der Waals surface area contributed by atoms with Gasteiger partial charge in [0.1, 0.15) is 5.76 Å². The Bertz CT molecular complexity index is 702. The van der Waals surface area contributed by atoms with Crippen LogP contribution >= 0.6 is 11.8 Å². The SMILES string of the molecule is CSc1ccc(-c2nc(CN3CCC[C@H](C#N)C3)c(C)o2)cc1. The standard InChI is InChI=1S/C18H21N3OS/c1-13-17(12-21-9-3-4-14(10-19)11-21)20-18(22-13)15-5-7-16(23-2)8-6-15/h5-8,14H,3-4,9,11-12H2,1-2H3/t14-/m1/s1. The fourth-order valence-electron chi connectivity index (χ4n) is 2.95. The zero-order chi connectivity index (χ0) is 16.2. The molecular weight excluding hydrogens is 306 g/mol. The van der Waals surface area contributed by atoms with E-state index in [9.17, 15) is 0 Å². The largest absolute Gasteiger partial charge is 0.441 e. The molecule has 23 heavy (non-hydrogen) atoms. The molecule has 0 radical (unpaired) electrons. The third-order valence-corrected chi connectivity index (χ3v) is 5.03. The van der Waals surface area contributed by atoms with Crippen LogP contribution in [0.3, 0.4) is 0 Å². The second-order valence-corrected chi connectivity index (χ2v) is 6.83. The third kappa shape index (κ3) is 3.77. The molecule has 1 aliphatic heterocycles. The predicted molar refractivity (Wildman–Crippen MR) is 92.1 cm³/mol. The molecule has 0 N–H and O–H groups in total. The molecule has 120 valence electrons. The van der Waals surface area contributed by atoms with Crippen molar-refractivity contribution in [2.45, 2.75) is 31.2 Å². The van der Waals surface area contributed by atoms with Crippen LogP contribution < -0.4 is 0 Å². The molecule has 3 rings (SSSR count). The zero-order valence-corrected chi connectivity index (χ0v) is 14.4. The number of oxazole rings is 1. The summed E-state index contributed by atoms with van der Waals surface area (Å²) in [5.41, 5.74) is 1.98. The van der Waals surface area contributed by atoms with Gasteiger partial charge in [0, 0.05) is 23.5 Å². The van der Waals surface area contributed by atoms with Crippen LogP contribution in [0.25, 0.3) is 11.5 Å². The lowest BCUT2D eigenvalue weighted by Crippen LogP contribution is -2.34. The van der Waals surface area contributed by atoms with Gasteiger partial charge in [-0.25, -0.2) is 4.98 Å². The van der Waals surface area contributed by atoms with E-state index in [1.165, 1.54) is 4.90 Å². The van der Waals surface area contributed by atoms with E-state index in [2.05, 4.69) is 34.3 Å². The van der Waals surface area contributed by atoms with Gasteiger partial charge in [0.15, 0.2) is 0 Å². The van der Waals surface area contributed by atoms with Gasteiger partial charge in [0.2, 0.25) is 5.89 Å². The quantitative estimate of drug-likeness (QED) is 0.791. The average molecular weight is 327 g/mol. The number of aromatic nitrogens is 1. The van der Waals surface area contributed by atoms with E-state index in [1.807, 2.05) is 19.1 Å². The highest BCUT2D eigenvalue weighted by atomic mass is 32.2.